The molecule has 5 nitrogen and oxygen atoms in total. The van der Waals surface area contributed by atoms with Crippen LogP contribution in [0.25, 0.3) is 0 Å². The Kier molecular flexibility index (Phi) is 4.61. The van der Waals surface area contributed by atoms with Crippen LogP contribution in [-0.2, 0) is 20.7 Å². The third-order valence-electron chi connectivity index (χ3n) is 3.60. The summed E-state index contributed by atoms with van der Waals surface area (Å²) in [5.74, 6) is -0.265. The van der Waals surface area contributed by atoms with E-state index in [4.69, 9.17) is 4.74 Å². The number of benzene rings is 1. The van der Waals surface area contributed by atoms with E-state index in [0.717, 1.165) is 18.4 Å². The van der Waals surface area contributed by atoms with Crippen LogP contribution < -0.4 is 0 Å². The molecule has 0 aliphatic carbocycles. The van der Waals surface area contributed by atoms with E-state index in [0.29, 0.717) is 13.1 Å². The van der Waals surface area contributed by atoms with Crippen LogP contribution in [-0.4, -0.2) is 42.1 Å². The molecule has 0 saturated carbocycles. The minimum atomic E-state index is -0.243. The van der Waals surface area contributed by atoms with Crippen LogP contribution in [0.15, 0.2) is 24.3 Å². The Labute approximate surface area is 118 Å². The highest BCUT2D eigenvalue weighted by atomic mass is 16.5. The molecule has 108 valence electrons. The number of hydrogen-bond acceptors (Lipinski definition) is 4. The molecule has 0 spiro atoms. The number of carbonyl (C=O) groups is 2. The van der Waals surface area contributed by atoms with E-state index in [2.05, 4.69) is 0 Å². The van der Waals surface area contributed by atoms with Gasteiger partial charge in [0.2, 0.25) is 5.91 Å². The second kappa shape index (κ2) is 6.41. The van der Waals surface area contributed by atoms with Crippen molar-refractivity contribution in [3.8, 4) is 5.75 Å². The van der Waals surface area contributed by atoms with E-state index in [1.165, 1.54) is 7.11 Å². The maximum Gasteiger partial charge on any atom is 0.310 e. The van der Waals surface area contributed by atoms with Crippen molar-refractivity contribution in [1.82, 2.24) is 4.90 Å². The highest BCUT2D eigenvalue weighted by Crippen LogP contribution is 2.19. The molecular weight excluding hydrogens is 258 g/mol. The summed E-state index contributed by atoms with van der Waals surface area (Å²) in [6.07, 6.45) is 1.88. The predicted octanol–water partition coefficient (Wildman–Crippen LogP) is 1.35. The lowest BCUT2D eigenvalue weighted by Gasteiger charge is -2.31. The smallest absolute Gasteiger partial charge is 0.310 e. The molecule has 1 fully saturated rings. The minimum Gasteiger partial charge on any atom is -0.508 e. The molecule has 0 aromatic heterocycles. The molecular formula is C15H19NO4. The van der Waals surface area contributed by atoms with E-state index in [1.54, 1.807) is 29.2 Å². The lowest BCUT2D eigenvalue weighted by molar-refractivity contribution is -0.148. The molecule has 0 bridgehead atoms. The van der Waals surface area contributed by atoms with Gasteiger partial charge in [-0.25, -0.2) is 0 Å². The van der Waals surface area contributed by atoms with Crippen LogP contribution in [0, 0.1) is 5.92 Å². The van der Waals surface area contributed by atoms with Gasteiger partial charge in [-0.15, -0.1) is 0 Å². The van der Waals surface area contributed by atoms with Crippen molar-refractivity contribution in [2.45, 2.75) is 19.3 Å². The zero-order chi connectivity index (χ0) is 14.5. The second-order valence-corrected chi connectivity index (χ2v) is 5.05. The quantitative estimate of drug-likeness (QED) is 0.847. The first-order valence-corrected chi connectivity index (χ1v) is 6.73. The summed E-state index contributed by atoms with van der Waals surface area (Å²) < 4.78 is 4.74. The molecule has 20 heavy (non-hydrogen) atoms. The van der Waals surface area contributed by atoms with Crippen molar-refractivity contribution in [2.75, 3.05) is 20.2 Å². The number of piperidine rings is 1. The monoisotopic (exact) mass is 277 g/mol. The Morgan fingerprint density at radius 1 is 1.35 bits per heavy atom. The van der Waals surface area contributed by atoms with Crippen molar-refractivity contribution in [2.24, 2.45) is 5.92 Å². The van der Waals surface area contributed by atoms with E-state index in [9.17, 15) is 14.7 Å². The van der Waals surface area contributed by atoms with Gasteiger partial charge in [-0.2, -0.15) is 0 Å². The van der Waals surface area contributed by atoms with Gasteiger partial charge in [-0.05, 0) is 30.5 Å². The average molecular weight is 277 g/mol. The summed E-state index contributed by atoms with van der Waals surface area (Å²) in [6.45, 7) is 1.12. The maximum atomic E-state index is 12.2. The second-order valence-electron chi connectivity index (χ2n) is 5.05. The number of esters is 1. The topological polar surface area (TPSA) is 66.8 Å². The molecule has 1 heterocycles. The summed E-state index contributed by atoms with van der Waals surface area (Å²) in [7, 11) is 1.37. The average Bonchev–Trinajstić information content (AvgIpc) is 2.49. The fraction of sp³-hybridized carbons (Fsp3) is 0.467. The van der Waals surface area contributed by atoms with Crippen LogP contribution >= 0.6 is 0 Å². The van der Waals surface area contributed by atoms with Crippen molar-refractivity contribution in [3.05, 3.63) is 29.8 Å². The molecule has 1 amide bonds. The Balaban J connectivity index is 1.95. The molecule has 0 unspecified atom stereocenters. The number of ether oxygens (including phenoxy) is 1. The lowest BCUT2D eigenvalue weighted by Crippen LogP contribution is -2.43. The van der Waals surface area contributed by atoms with E-state index in [-0.39, 0.29) is 30.0 Å². The Hall–Kier alpha value is -2.04. The minimum absolute atomic E-state index is 0.00397. The number of aromatic hydroxyl groups is 1. The maximum absolute atomic E-state index is 12.2. The van der Waals surface area contributed by atoms with Crippen molar-refractivity contribution in [1.29, 1.82) is 0 Å². The van der Waals surface area contributed by atoms with Crippen LogP contribution in [0.4, 0.5) is 0 Å². The van der Waals surface area contributed by atoms with Gasteiger partial charge in [0.15, 0.2) is 0 Å². The normalized spacial score (nSPS) is 18.6. The molecule has 1 atom stereocenters. The van der Waals surface area contributed by atoms with Crippen molar-refractivity contribution >= 4 is 11.9 Å². The number of amides is 1. The van der Waals surface area contributed by atoms with E-state index >= 15 is 0 Å². The zero-order valence-corrected chi connectivity index (χ0v) is 11.5. The van der Waals surface area contributed by atoms with Crippen LogP contribution in [0.3, 0.4) is 0 Å². The molecule has 5 heteroatoms. The molecule has 1 N–H and O–H groups in total. The number of phenols is 1. The largest absolute Gasteiger partial charge is 0.508 e. The molecule has 1 aromatic carbocycles. The number of carbonyl (C=O) groups excluding carboxylic acids is 2. The number of rotatable bonds is 3. The first-order chi connectivity index (χ1) is 9.60. The summed E-state index contributed by atoms with van der Waals surface area (Å²) >= 11 is 0. The third-order valence-corrected chi connectivity index (χ3v) is 3.60. The van der Waals surface area contributed by atoms with Crippen LogP contribution in [0.1, 0.15) is 18.4 Å². The molecule has 2 rings (SSSR count). The van der Waals surface area contributed by atoms with Gasteiger partial charge in [0.25, 0.3) is 0 Å². The van der Waals surface area contributed by atoms with Gasteiger partial charge in [0, 0.05) is 13.1 Å². The highest BCUT2D eigenvalue weighted by molar-refractivity contribution is 5.80. The van der Waals surface area contributed by atoms with Crippen LogP contribution in [0.5, 0.6) is 5.75 Å². The fourth-order valence-corrected chi connectivity index (χ4v) is 2.46. The third kappa shape index (κ3) is 3.50. The standard InChI is InChI=1S/C15H19NO4/c1-20-15(19)12-3-2-8-16(10-12)14(18)9-11-4-6-13(17)7-5-11/h4-7,12,17H,2-3,8-10H2,1H3/t12-/m0/s1. The molecule has 1 aromatic rings. The lowest BCUT2D eigenvalue weighted by atomic mass is 9.97. The first kappa shape index (κ1) is 14.4. The van der Waals surface area contributed by atoms with Crippen molar-refractivity contribution in [3.63, 3.8) is 0 Å². The van der Waals surface area contributed by atoms with Gasteiger partial charge in [-0.1, -0.05) is 12.1 Å². The number of phenolic OH excluding ortho intramolecular Hbond substituents is 1. The van der Waals surface area contributed by atoms with Gasteiger partial charge >= 0.3 is 5.97 Å². The molecule has 1 saturated heterocycles. The summed E-state index contributed by atoms with van der Waals surface area (Å²) in [5, 5.41) is 9.22. The van der Waals surface area contributed by atoms with Gasteiger partial charge < -0.3 is 14.7 Å². The van der Waals surface area contributed by atoms with E-state index < -0.39 is 0 Å². The zero-order valence-electron chi connectivity index (χ0n) is 11.5. The predicted molar refractivity (Wildman–Crippen MR) is 73.1 cm³/mol. The summed E-state index contributed by atoms with van der Waals surface area (Å²) in [6, 6.07) is 6.59. The SMILES string of the molecule is COC(=O)[C@H]1CCCN(C(=O)Cc2ccc(O)cc2)C1. The van der Waals surface area contributed by atoms with Crippen LogP contribution in [0.2, 0.25) is 0 Å². The summed E-state index contributed by atoms with van der Waals surface area (Å²) in [5.41, 5.74) is 0.855. The first-order valence-electron chi connectivity index (χ1n) is 6.73. The molecule has 0 radical (unpaired) electrons. The number of hydrogen-bond donors (Lipinski definition) is 1. The van der Waals surface area contributed by atoms with E-state index in [1.807, 2.05) is 0 Å². The molecule has 1 aliphatic heterocycles. The van der Waals surface area contributed by atoms with Crippen molar-refractivity contribution < 1.29 is 19.4 Å². The van der Waals surface area contributed by atoms with Gasteiger partial charge in [-0.3, -0.25) is 9.59 Å². The Morgan fingerprint density at radius 3 is 2.70 bits per heavy atom. The highest BCUT2D eigenvalue weighted by Gasteiger charge is 2.28. The number of nitrogens with zero attached hydrogens (tertiary/aromatic N) is 1. The molecule has 1 aliphatic rings. The van der Waals surface area contributed by atoms with Gasteiger partial charge in [0.1, 0.15) is 5.75 Å². The fourth-order valence-electron chi connectivity index (χ4n) is 2.46. The Morgan fingerprint density at radius 2 is 2.05 bits per heavy atom. The Bertz CT molecular complexity index is 483. The summed E-state index contributed by atoms with van der Waals surface area (Å²) in [4.78, 5) is 25.5. The number of likely N-dealkylation sites (tertiary alicyclic amines) is 1. The van der Waals surface area contributed by atoms with Gasteiger partial charge in [0.05, 0.1) is 19.4 Å². The number of methoxy groups -OCH3 is 1.